The van der Waals surface area contributed by atoms with Crippen LogP contribution in [-0.2, 0) is 4.79 Å². The SMILES string of the molecule is C[C@@H](Cl)C(=O)N[C@H]1N=Nc2ncccc21. The number of azo groups is 1. The molecule has 1 aromatic heterocycles. The maximum Gasteiger partial charge on any atom is 0.239 e. The van der Waals surface area contributed by atoms with E-state index in [1.807, 2.05) is 6.07 Å². The van der Waals surface area contributed by atoms with Crippen LogP contribution in [0.25, 0.3) is 0 Å². The molecule has 2 heterocycles. The summed E-state index contributed by atoms with van der Waals surface area (Å²) >= 11 is 5.63. The largest absolute Gasteiger partial charge is 0.328 e. The van der Waals surface area contributed by atoms with Gasteiger partial charge in [0.15, 0.2) is 12.0 Å². The fourth-order valence-electron chi connectivity index (χ4n) is 1.24. The Bertz CT molecular complexity index is 418. The molecule has 15 heavy (non-hydrogen) atoms. The first-order valence-electron chi connectivity index (χ1n) is 4.48. The van der Waals surface area contributed by atoms with Crippen molar-refractivity contribution in [1.29, 1.82) is 0 Å². The number of alkyl halides is 1. The van der Waals surface area contributed by atoms with Gasteiger partial charge in [0, 0.05) is 11.8 Å². The van der Waals surface area contributed by atoms with Gasteiger partial charge in [0.1, 0.15) is 5.38 Å². The Balaban J connectivity index is 2.15. The van der Waals surface area contributed by atoms with Crippen molar-refractivity contribution in [2.45, 2.75) is 18.5 Å². The van der Waals surface area contributed by atoms with E-state index < -0.39 is 11.5 Å². The van der Waals surface area contributed by atoms with Gasteiger partial charge in [-0.15, -0.1) is 16.7 Å². The summed E-state index contributed by atoms with van der Waals surface area (Å²) in [6.45, 7) is 1.60. The van der Waals surface area contributed by atoms with Gasteiger partial charge in [-0.1, -0.05) is 0 Å². The molecule has 1 aliphatic rings. The molecule has 0 saturated heterocycles. The van der Waals surface area contributed by atoms with E-state index in [4.69, 9.17) is 11.6 Å². The smallest absolute Gasteiger partial charge is 0.239 e. The van der Waals surface area contributed by atoms with Crippen LogP contribution < -0.4 is 5.32 Å². The molecule has 5 nitrogen and oxygen atoms in total. The second-order valence-corrected chi connectivity index (χ2v) is 3.81. The minimum atomic E-state index is -0.582. The quantitative estimate of drug-likeness (QED) is 0.780. The first kappa shape index (κ1) is 10.0. The zero-order valence-electron chi connectivity index (χ0n) is 8.01. The number of hydrogen-bond acceptors (Lipinski definition) is 4. The van der Waals surface area contributed by atoms with Crippen LogP contribution in [0.3, 0.4) is 0 Å². The Morgan fingerprint density at radius 2 is 2.47 bits per heavy atom. The highest BCUT2D eigenvalue weighted by atomic mass is 35.5. The van der Waals surface area contributed by atoms with Gasteiger partial charge < -0.3 is 5.32 Å². The van der Waals surface area contributed by atoms with Crippen LogP contribution in [0.15, 0.2) is 28.6 Å². The summed E-state index contributed by atoms with van der Waals surface area (Å²) in [7, 11) is 0. The van der Waals surface area contributed by atoms with Crippen molar-refractivity contribution in [2.75, 3.05) is 0 Å². The van der Waals surface area contributed by atoms with E-state index in [1.54, 1.807) is 19.2 Å². The Morgan fingerprint density at radius 3 is 3.20 bits per heavy atom. The average molecular weight is 225 g/mol. The molecule has 0 fully saturated rings. The van der Waals surface area contributed by atoms with Crippen LogP contribution in [0, 0.1) is 0 Å². The third-order valence-corrected chi connectivity index (χ3v) is 2.22. The fourth-order valence-corrected chi connectivity index (χ4v) is 1.30. The monoisotopic (exact) mass is 224 g/mol. The highest BCUT2D eigenvalue weighted by Crippen LogP contribution is 2.31. The minimum absolute atomic E-state index is 0.266. The van der Waals surface area contributed by atoms with Gasteiger partial charge in [0.2, 0.25) is 5.91 Å². The molecule has 2 rings (SSSR count). The number of hydrogen-bond donors (Lipinski definition) is 1. The number of aromatic nitrogens is 1. The summed E-state index contributed by atoms with van der Waals surface area (Å²) < 4.78 is 0. The predicted molar refractivity (Wildman–Crippen MR) is 55.0 cm³/mol. The number of carbonyl (C=O) groups excluding carboxylic acids is 1. The lowest BCUT2D eigenvalue weighted by Gasteiger charge is -2.10. The van der Waals surface area contributed by atoms with E-state index in [0.717, 1.165) is 5.56 Å². The molecule has 2 atom stereocenters. The zero-order chi connectivity index (χ0) is 10.8. The number of amides is 1. The molecular formula is C9H9ClN4O. The molecule has 1 aliphatic heterocycles. The highest BCUT2D eigenvalue weighted by Gasteiger charge is 2.23. The second-order valence-electron chi connectivity index (χ2n) is 3.16. The molecule has 1 N–H and O–H groups in total. The highest BCUT2D eigenvalue weighted by molar-refractivity contribution is 6.30. The number of pyridine rings is 1. The van der Waals surface area contributed by atoms with Gasteiger partial charge in [-0.25, -0.2) is 4.98 Å². The molecule has 0 saturated carbocycles. The van der Waals surface area contributed by atoms with E-state index >= 15 is 0 Å². The van der Waals surface area contributed by atoms with E-state index in [1.165, 1.54) is 0 Å². The van der Waals surface area contributed by atoms with Gasteiger partial charge in [0.05, 0.1) is 0 Å². The number of carbonyl (C=O) groups is 1. The summed E-state index contributed by atoms with van der Waals surface area (Å²) in [4.78, 5) is 15.4. The lowest BCUT2D eigenvalue weighted by Crippen LogP contribution is -2.31. The van der Waals surface area contributed by atoms with E-state index in [9.17, 15) is 4.79 Å². The number of rotatable bonds is 2. The van der Waals surface area contributed by atoms with Gasteiger partial charge in [-0.2, -0.15) is 5.11 Å². The third-order valence-electron chi connectivity index (χ3n) is 2.02. The van der Waals surface area contributed by atoms with Crippen molar-refractivity contribution in [3.8, 4) is 0 Å². The molecule has 1 amide bonds. The molecule has 0 unspecified atom stereocenters. The van der Waals surface area contributed by atoms with Crippen molar-refractivity contribution < 1.29 is 4.79 Å². The van der Waals surface area contributed by atoms with Crippen LogP contribution in [0.1, 0.15) is 18.7 Å². The van der Waals surface area contributed by atoms with Gasteiger partial charge >= 0.3 is 0 Å². The van der Waals surface area contributed by atoms with Crippen LogP contribution in [0.2, 0.25) is 0 Å². The third kappa shape index (κ3) is 1.97. The molecular weight excluding hydrogens is 216 g/mol. The van der Waals surface area contributed by atoms with E-state index in [2.05, 4.69) is 20.5 Å². The molecule has 6 heteroatoms. The molecule has 0 radical (unpaired) electrons. The van der Waals surface area contributed by atoms with E-state index in [0.29, 0.717) is 5.82 Å². The normalized spacial score (nSPS) is 19.7. The summed E-state index contributed by atoms with van der Waals surface area (Å²) in [5.74, 6) is 0.280. The van der Waals surface area contributed by atoms with E-state index in [-0.39, 0.29) is 5.91 Å². The number of halogens is 1. The molecule has 1 aromatic rings. The van der Waals surface area contributed by atoms with Gasteiger partial charge in [-0.3, -0.25) is 4.79 Å². The second kappa shape index (κ2) is 3.94. The summed E-state index contributed by atoms with van der Waals surface area (Å²) in [5.41, 5.74) is 0.795. The van der Waals surface area contributed by atoms with Crippen molar-refractivity contribution in [2.24, 2.45) is 10.2 Å². The topological polar surface area (TPSA) is 66.7 Å². The fraction of sp³-hybridized carbons (Fsp3) is 0.333. The van der Waals surface area contributed by atoms with Crippen LogP contribution in [-0.4, -0.2) is 16.3 Å². The first-order chi connectivity index (χ1) is 7.18. The van der Waals surface area contributed by atoms with Gasteiger partial charge in [0.25, 0.3) is 0 Å². The first-order valence-corrected chi connectivity index (χ1v) is 4.92. The number of nitrogens with zero attached hydrogens (tertiary/aromatic N) is 3. The molecule has 0 aromatic carbocycles. The molecule has 0 spiro atoms. The average Bonchev–Trinajstić information content (AvgIpc) is 2.62. The number of nitrogens with one attached hydrogen (secondary N) is 1. The van der Waals surface area contributed by atoms with Crippen LogP contribution in [0.5, 0.6) is 0 Å². The van der Waals surface area contributed by atoms with Gasteiger partial charge in [-0.05, 0) is 19.1 Å². The Kier molecular flexibility index (Phi) is 2.64. The summed E-state index contributed by atoms with van der Waals surface area (Å²) in [5, 5.41) is 9.83. The molecule has 78 valence electrons. The van der Waals surface area contributed by atoms with Crippen molar-refractivity contribution >= 4 is 23.3 Å². The molecule has 0 bridgehead atoms. The van der Waals surface area contributed by atoms with Crippen LogP contribution >= 0.6 is 11.6 Å². The maximum atomic E-state index is 11.3. The zero-order valence-corrected chi connectivity index (χ0v) is 8.77. The van der Waals surface area contributed by atoms with Crippen molar-refractivity contribution in [1.82, 2.24) is 10.3 Å². The predicted octanol–water partition coefficient (Wildman–Crippen LogP) is 1.92. The standard InChI is InChI=1S/C9H9ClN4O/c1-5(10)9(15)12-8-6-3-2-4-11-7(6)13-14-8/h2-5,8H,1H3,(H,12,15)/t5-,8+/m1/s1. The lowest BCUT2D eigenvalue weighted by molar-refractivity contribution is -0.121. The minimum Gasteiger partial charge on any atom is -0.328 e. The van der Waals surface area contributed by atoms with Crippen molar-refractivity contribution in [3.63, 3.8) is 0 Å². The Labute approximate surface area is 91.6 Å². The Morgan fingerprint density at radius 1 is 1.67 bits per heavy atom. The Hall–Kier alpha value is -1.49. The van der Waals surface area contributed by atoms with Crippen molar-refractivity contribution in [3.05, 3.63) is 23.9 Å². The summed E-state index contributed by atoms with van der Waals surface area (Å²) in [6, 6.07) is 3.60. The number of fused-ring (bicyclic) bond motifs is 1. The maximum absolute atomic E-state index is 11.3. The summed E-state index contributed by atoms with van der Waals surface area (Å²) in [6.07, 6.45) is 1.18. The lowest BCUT2D eigenvalue weighted by atomic mass is 10.2. The molecule has 0 aliphatic carbocycles. The van der Waals surface area contributed by atoms with Crippen LogP contribution in [0.4, 0.5) is 5.82 Å².